The molecule has 0 saturated heterocycles. The van der Waals surface area contributed by atoms with E-state index < -0.39 is 33.0 Å². The van der Waals surface area contributed by atoms with Crippen molar-refractivity contribution in [2.45, 2.75) is 12.5 Å². The largest absolute Gasteiger partial charge is 0.269 e. The minimum Gasteiger partial charge on any atom is -0.264 e. The van der Waals surface area contributed by atoms with Gasteiger partial charge in [-0.3, -0.25) is 20.2 Å². The molecule has 1 aromatic rings. The predicted octanol–water partition coefficient (Wildman–Crippen LogP) is 4.35. The molecule has 23 heavy (non-hydrogen) atoms. The number of nitro groups is 2. The summed E-state index contributed by atoms with van der Waals surface area (Å²) in [5.41, 5.74) is -1.45. The number of para-hydroxylation sites is 1. The van der Waals surface area contributed by atoms with Crippen molar-refractivity contribution in [2.24, 2.45) is 5.92 Å². The Hall–Kier alpha value is -2.16. The van der Waals surface area contributed by atoms with E-state index in [0.29, 0.717) is 0 Å². The van der Waals surface area contributed by atoms with Gasteiger partial charge in [-0.25, -0.2) is 8.78 Å². The van der Waals surface area contributed by atoms with Gasteiger partial charge in [0, 0.05) is 23.1 Å². The number of hydrogen-bond acceptors (Lipinski definition) is 4. The van der Waals surface area contributed by atoms with E-state index >= 15 is 0 Å². The summed E-state index contributed by atoms with van der Waals surface area (Å²) in [6.45, 7) is 1.48. The van der Waals surface area contributed by atoms with Crippen LogP contribution in [0.25, 0.3) is 0 Å². The first-order valence-corrected chi connectivity index (χ1v) is 7.52. The molecule has 1 aliphatic rings. The van der Waals surface area contributed by atoms with Crippen LogP contribution in [-0.2, 0) is 0 Å². The lowest BCUT2D eigenvalue weighted by atomic mass is 9.83. The Kier molecular flexibility index (Phi) is 6.49. The summed E-state index contributed by atoms with van der Waals surface area (Å²) >= 11 is 2.95. The Morgan fingerprint density at radius 1 is 1.17 bits per heavy atom. The summed E-state index contributed by atoms with van der Waals surface area (Å²) < 4.78 is 25.6. The molecule has 0 N–H and O–H groups in total. The maximum atomic E-state index is 12.9. The summed E-state index contributed by atoms with van der Waals surface area (Å²) in [5, 5.41) is 20.7. The quantitative estimate of drug-likeness (QED) is 0.436. The van der Waals surface area contributed by atoms with Crippen molar-refractivity contribution < 1.29 is 18.6 Å². The molecule has 1 aromatic carbocycles. The Balaban J connectivity index is 0.000000253. The highest BCUT2D eigenvalue weighted by Crippen LogP contribution is 2.35. The molecule has 2 rings (SSSR count). The van der Waals surface area contributed by atoms with E-state index in [1.807, 2.05) is 0 Å². The van der Waals surface area contributed by atoms with Gasteiger partial charge in [-0.05, 0) is 6.08 Å². The topological polar surface area (TPSA) is 86.3 Å². The molecule has 0 aromatic heterocycles. The molecule has 0 radical (unpaired) electrons. The fraction of sp³-hybridized carbons (Fsp3) is 0.286. The maximum Gasteiger partial charge on any atom is 0.269 e. The first-order valence-electron chi connectivity index (χ1n) is 6.40. The van der Waals surface area contributed by atoms with Crippen LogP contribution in [-0.4, -0.2) is 20.7 Å². The minimum atomic E-state index is -1.58. The van der Waals surface area contributed by atoms with Crippen molar-refractivity contribution >= 4 is 21.6 Å². The lowest BCUT2D eigenvalue weighted by Gasteiger charge is -2.26. The summed E-state index contributed by atoms with van der Waals surface area (Å²) in [5.74, 6) is -2.88. The zero-order valence-electron chi connectivity index (χ0n) is 12.0. The van der Waals surface area contributed by atoms with Crippen LogP contribution in [0.15, 0.2) is 54.1 Å². The average molecular weight is 391 g/mol. The molecule has 0 bridgehead atoms. The molecule has 6 nitrogen and oxygen atoms in total. The minimum absolute atomic E-state index is 0.0502. The number of hydrogen-bond donors (Lipinski definition) is 0. The maximum absolute atomic E-state index is 12.9. The molecule has 9 heteroatoms. The SMILES string of the molecule is CC1C=C(F)C(F)=CC1(CBr)[N+](=O)[O-].O=[N+]([O-])c1ccccc1. The fourth-order valence-electron chi connectivity index (χ4n) is 1.84. The van der Waals surface area contributed by atoms with Gasteiger partial charge in [-0.15, -0.1) is 0 Å². The molecule has 0 aliphatic heterocycles. The lowest BCUT2D eigenvalue weighted by molar-refractivity contribution is -0.556. The number of halogens is 3. The standard InChI is InChI=1S/C8H8BrF2NO2.C6H5NO2/c1-5-2-6(10)7(11)3-8(5,4-9)12(13)14;8-7(9)6-4-2-1-3-5-6/h2-3,5H,4H2,1H3;1-5H. The van der Waals surface area contributed by atoms with Gasteiger partial charge in [0.1, 0.15) is 0 Å². The van der Waals surface area contributed by atoms with Gasteiger partial charge >= 0.3 is 0 Å². The highest BCUT2D eigenvalue weighted by Gasteiger charge is 2.48. The molecule has 2 atom stereocenters. The van der Waals surface area contributed by atoms with E-state index in [1.165, 1.54) is 19.1 Å². The lowest BCUT2D eigenvalue weighted by Crippen LogP contribution is -2.45. The number of nitro benzene ring substituents is 1. The van der Waals surface area contributed by atoms with Crippen LogP contribution in [0.5, 0.6) is 0 Å². The van der Waals surface area contributed by atoms with Gasteiger partial charge in [0.15, 0.2) is 11.7 Å². The van der Waals surface area contributed by atoms with Gasteiger partial charge in [-0.1, -0.05) is 41.1 Å². The molecule has 0 heterocycles. The first kappa shape index (κ1) is 18.9. The number of non-ortho nitro benzene ring substituents is 1. The monoisotopic (exact) mass is 390 g/mol. The van der Waals surface area contributed by atoms with Crippen LogP contribution in [0.3, 0.4) is 0 Å². The Labute approximate surface area is 138 Å². The van der Waals surface area contributed by atoms with E-state index in [-0.39, 0.29) is 11.0 Å². The second-order valence-corrected chi connectivity index (χ2v) is 5.33. The predicted molar refractivity (Wildman–Crippen MR) is 84.2 cm³/mol. The fourth-order valence-corrected chi connectivity index (χ4v) is 2.72. The van der Waals surface area contributed by atoms with Gasteiger partial charge in [0.2, 0.25) is 0 Å². The number of allylic oxidation sites excluding steroid dienone is 2. The van der Waals surface area contributed by atoms with E-state index in [0.717, 1.165) is 12.2 Å². The first-order chi connectivity index (χ1) is 10.7. The van der Waals surface area contributed by atoms with Crippen molar-refractivity contribution in [3.8, 4) is 0 Å². The van der Waals surface area contributed by atoms with Crippen LogP contribution in [0.4, 0.5) is 14.5 Å². The van der Waals surface area contributed by atoms with Gasteiger partial charge in [0.25, 0.3) is 11.2 Å². The molecule has 0 saturated carbocycles. The second kappa shape index (κ2) is 7.91. The van der Waals surface area contributed by atoms with Crippen LogP contribution in [0, 0.1) is 26.1 Å². The third-order valence-electron chi connectivity index (χ3n) is 3.31. The van der Waals surface area contributed by atoms with Gasteiger partial charge < -0.3 is 0 Å². The molecule has 0 fully saturated rings. The summed E-state index contributed by atoms with van der Waals surface area (Å²) in [6.07, 6.45) is 1.65. The molecule has 124 valence electrons. The number of benzene rings is 1. The Morgan fingerprint density at radius 2 is 1.74 bits per heavy atom. The molecular formula is C14H13BrF2N2O4. The van der Waals surface area contributed by atoms with Gasteiger partial charge in [-0.2, -0.15) is 0 Å². The van der Waals surface area contributed by atoms with Crippen LogP contribution in [0.2, 0.25) is 0 Å². The molecular weight excluding hydrogens is 378 g/mol. The average Bonchev–Trinajstić information content (AvgIpc) is 2.52. The normalized spacial score (nSPS) is 23.0. The van der Waals surface area contributed by atoms with E-state index in [4.69, 9.17) is 0 Å². The smallest absolute Gasteiger partial charge is 0.264 e. The van der Waals surface area contributed by atoms with Crippen molar-refractivity contribution in [1.82, 2.24) is 0 Å². The molecule has 1 aliphatic carbocycles. The van der Waals surface area contributed by atoms with E-state index in [2.05, 4.69) is 15.9 Å². The van der Waals surface area contributed by atoms with E-state index in [1.54, 1.807) is 18.2 Å². The van der Waals surface area contributed by atoms with Crippen LogP contribution in [0.1, 0.15) is 6.92 Å². The summed E-state index contributed by atoms with van der Waals surface area (Å²) in [7, 11) is 0. The van der Waals surface area contributed by atoms with Crippen molar-refractivity contribution in [3.63, 3.8) is 0 Å². The molecule has 0 spiro atoms. The zero-order valence-corrected chi connectivity index (χ0v) is 13.6. The van der Waals surface area contributed by atoms with Gasteiger partial charge in [0.05, 0.1) is 16.2 Å². The third kappa shape index (κ3) is 4.41. The number of alkyl halides is 1. The third-order valence-corrected chi connectivity index (χ3v) is 4.21. The van der Waals surface area contributed by atoms with Crippen molar-refractivity contribution in [3.05, 3.63) is 74.4 Å². The summed E-state index contributed by atoms with van der Waals surface area (Å²) in [4.78, 5) is 19.8. The Bertz CT molecular complexity index is 651. The van der Waals surface area contributed by atoms with Crippen molar-refractivity contribution in [2.75, 3.05) is 5.33 Å². The zero-order chi connectivity index (χ0) is 17.6. The summed E-state index contributed by atoms with van der Waals surface area (Å²) in [6, 6.07) is 7.93. The van der Waals surface area contributed by atoms with E-state index in [9.17, 15) is 29.0 Å². The van der Waals surface area contributed by atoms with Crippen LogP contribution >= 0.6 is 15.9 Å². The van der Waals surface area contributed by atoms with Crippen LogP contribution < -0.4 is 0 Å². The number of rotatable bonds is 3. The van der Waals surface area contributed by atoms with Crippen molar-refractivity contribution in [1.29, 1.82) is 0 Å². The molecule has 0 amide bonds. The molecule has 2 unspecified atom stereocenters. The second-order valence-electron chi connectivity index (χ2n) is 4.77. The number of nitrogens with zero attached hydrogens (tertiary/aromatic N) is 2. The highest BCUT2D eigenvalue weighted by atomic mass is 79.9. The highest BCUT2D eigenvalue weighted by molar-refractivity contribution is 9.09. The Morgan fingerprint density at radius 3 is 2.13 bits per heavy atom.